The maximum atomic E-state index is 13.2. The van der Waals surface area contributed by atoms with E-state index in [2.05, 4.69) is 255 Å². The van der Waals surface area contributed by atoms with Gasteiger partial charge in [0, 0.05) is 50.7 Å². The van der Waals surface area contributed by atoms with Gasteiger partial charge in [0.1, 0.15) is 11.6 Å². The summed E-state index contributed by atoms with van der Waals surface area (Å²) in [5, 5.41) is 2.75. The van der Waals surface area contributed by atoms with Crippen molar-refractivity contribution in [2.75, 3.05) is 7.11 Å². The number of carbonyl (C=O) groups is 2. The Morgan fingerprint density at radius 3 is 0.942 bits per heavy atom. The highest BCUT2D eigenvalue weighted by Gasteiger charge is 2.30. The van der Waals surface area contributed by atoms with E-state index in [1.807, 2.05) is 12.1 Å². The lowest BCUT2D eigenvalue weighted by molar-refractivity contribution is -0.143. The standard InChI is InChI=1S/C77H93N5O4/c1-71(2,3)50-36-47(37-51(42-50)72(4,5)6)66-58-29-27-56(78-58)65(46-25-23-45(24-26-46)35-64(69(83)85-22)82-70(84)86-77(19,20)21)57-28-30-59(79-57)67(48-38-52(73(7,8)9)43-53(39-48)74(10,11)12)61-32-34-63(81-61)68(62-33-31-60(66)80-62)49-40-54(75(13,14)15)44-55(41-49)76(16,17)18/h23-34,36-44,64,78,81H,35H2,1-22H3,(H,82,84)/t64-/m0/s1. The molecule has 5 heterocycles. The third-order valence-corrected chi connectivity index (χ3v) is 16.5. The van der Waals surface area contributed by atoms with E-state index in [1.165, 1.54) is 40.5 Å². The van der Waals surface area contributed by atoms with Crippen molar-refractivity contribution in [3.05, 3.63) is 165 Å². The number of nitrogens with zero attached hydrogens (tertiary/aromatic N) is 2. The Bertz CT molecular complexity index is 3850. The Morgan fingerprint density at radius 2 is 0.686 bits per heavy atom. The Kier molecular flexibility index (Phi) is 16.4. The minimum absolute atomic E-state index is 0.132. The molecule has 0 fully saturated rings. The van der Waals surface area contributed by atoms with Crippen LogP contribution >= 0.6 is 0 Å². The lowest BCUT2D eigenvalue weighted by Gasteiger charge is -2.26. The molecule has 1 amide bonds. The van der Waals surface area contributed by atoms with E-state index >= 15 is 0 Å². The predicted molar refractivity (Wildman–Crippen MR) is 362 cm³/mol. The molecule has 0 saturated heterocycles. The second kappa shape index (κ2) is 22.5. The molecule has 86 heavy (non-hydrogen) atoms. The summed E-state index contributed by atoms with van der Waals surface area (Å²) in [6.07, 6.45) is 8.19. The number of H-pyrrole nitrogens is 2. The molecule has 8 bridgehead atoms. The molecule has 9 rings (SSSR count). The number of hydrogen-bond donors (Lipinski definition) is 3. The maximum Gasteiger partial charge on any atom is 0.408 e. The summed E-state index contributed by atoms with van der Waals surface area (Å²) in [6.45, 7) is 46.5. The van der Waals surface area contributed by atoms with Crippen molar-refractivity contribution in [1.82, 2.24) is 25.3 Å². The van der Waals surface area contributed by atoms with Crippen LogP contribution in [0.3, 0.4) is 0 Å². The number of nitrogens with one attached hydrogen (secondary N) is 3. The first-order valence-electron chi connectivity index (χ1n) is 30.6. The van der Waals surface area contributed by atoms with E-state index in [1.54, 1.807) is 20.8 Å². The van der Waals surface area contributed by atoms with E-state index in [4.69, 9.17) is 19.4 Å². The molecule has 4 aromatic carbocycles. The van der Waals surface area contributed by atoms with Gasteiger partial charge in [0.25, 0.3) is 0 Å². The number of benzene rings is 4. The van der Waals surface area contributed by atoms with Crippen molar-refractivity contribution < 1.29 is 19.1 Å². The largest absolute Gasteiger partial charge is 0.467 e. The first kappa shape index (κ1) is 62.7. The fourth-order valence-electron chi connectivity index (χ4n) is 11.2. The van der Waals surface area contributed by atoms with Gasteiger partial charge in [-0.25, -0.2) is 19.6 Å². The summed E-state index contributed by atoms with van der Waals surface area (Å²) in [6, 6.07) is 37.3. The van der Waals surface area contributed by atoms with Gasteiger partial charge in [0.15, 0.2) is 0 Å². The number of fused-ring (bicyclic) bond motifs is 8. The molecule has 9 nitrogen and oxygen atoms in total. The Hall–Kier alpha value is -7.78. The lowest BCUT2D eigenvalue weighted by atomic mass is 9.78. The highest BCUT2D eigenvalue weighted by atomic mass is 16.6. The van der Waals surface area contributed by atoms with Gasteiger partial charge in [0.2, 0.25) is 0 Å². The summed E-state index contributed by atoms with van der Waals surface area (Å²) in [5.74, 6) is -0.567. The minimum atomic E-state index is -0.975. The van der Waals surface area contributed by atoms with Crippen LogP contribution in [-0.2, 0) is 53.2 Å². The quantitative estimate of drug-likeness (QED) is 0.130. The Labute approximate surface area is 512 Å². The molecular weight excluding hydrogens is 1060 g/mol. The smallest absolute Gasteiger partial charge is 0.408 e. The summed E-state index contributed by atoms with van der Waals surface area (Å²) >= 11 is 0. The maximum absolute atomic E-state index is 13.2. The first-order valence-corrected chi connectivity index (χ1v) is 30.6. The second-order valence-corrected chi connectivity index (χ2v) is 31.0. The fraction of sp³-hybridized carbons (Fsp3) is 0.403. The van der Waals surface area contributed by atoms with E-state index in [0.717, 1.165) is 94.9 Å². The van der Waals surface area contributed by atoms with Gasteiger partial charge in [0.05, 0.1) is 29.9 Å². The molecule has 3 N–H and O–H groups in total. The van der Waals surface area contributed by atoms with Crippen molar-refractivity contribution in [2.45, 2.75) is 196 Å². The van der Waals surface area contributed by atoms with E-state index in [0.29, 0.717) is 0 Å². The van der Waals surface area contributed by atoms with Crippen LogP contribution in [0.4, 0.5) is 4.79 Å². The summed E-state index contributed by atoms with van der Waals surface area (Å²) in [5.41, 5.74) is 21.7. The zero-order valence-electron chi connectivity index (χ0n) is 55.4. The van der Waals surface area contributed by atoms with Gasteiger partial charge in [-0.15, -0.1) is 0 Å². The van der Waals surface area contributed by atoms with E-state index in [9.17, 15) is 9.59 Å². The molecule has 1 atom stereocenters. The average Bonchev–Trinajstić information content (AvgIpc) is 1.61. The molecule has 2 aliphatic rings. The van der Waals surface area contributed by atoms with E-state index in [-0.39, 0.29) is 38.9 Å². The molecule has 0 spiro atoms. The van der Waals surface area contributed by atoms with Crippen LogP contribution in [0.15, 0.2) is 103 Å². The molecule has 0 saturated carbocycles. The minimum Gasteiger partial charge on any atom is -0.467 e. The molecule has 450 valence electrons. The zero-order valence-corrected chi connectivity index (χ0v) is 55.4. The number of methoxy groups -OCH3 is 1. The van der Waals surface area contributed by atoms with Crippen molar-refractivity contribution in [2.24, 2.45) is 0 Å². The first-order chi connectivity index (χ1) is 39.7. The molecule has 0 radical (unpaired) electrons. The van der Waals surface area contributed by atoms with Gasteiger partial charge < -0.3 is 24.8 Å². The SMILES string of the molecule is COC(=O)[C@H](Cc1ccc(-c2c3nc(c(-c4cc(C(C)(C)C)cc(C(C)(C)C)c4)c4ccc([nH]4)c(-c4cc(C(C)(C)C)cc(C(C)(C)C)c4)c4nc(c(-c5cc(C(C)(C)C)cc(C(C)(C)C)c5)c5ccc2[nH]5)C=C4)C=C3)cc1)NC(=O)OC(C)(C)C. The number of aromatic amines is 2. The number of rotatable bonds is 8. The average molecular weight is 1150 g/mol. The number of aromatic nitrogens is 4. The van der Waals surface area contributed by atoms with Gasteiger partial charge in [-0.05, 0) is 163 Å². The van der Waals surface area contributed by atoms with Crippen LogP contribution in [-0.4, -0.2) is 50.8 Å². The van der Waals surface area contributed by atoms with Gasteiger partial charge in [-0.1, -0.05) is 203 Å². The third kappa shape index (κ3) is 13.7. The van der Waals surface area contributed by atoms with Crippen LogP contribution in [0.5, 0.6) is 0 Å². The lowest BCUT2D eigenvalue weighted by Crippen LogP contribution is -2.45. The molecule has 2 aliphatic heterocycles. The topological polar surface area (TPSA) is 122 Å². The van der Waals surface area contributed by atoms with Crippen LogP contribution < -0.4 is 5.32 Å². The van der Waals surface area contributed by atoms with Gasteiger partial charge in [-0.3, -0.25) is 0 Å². The molecular formula is C77H93N5O4. The summed E-state index contributed by atoms with van der Waals surface area (Å²) in [4.78, 5) is 45.8. The Balaban J connectivity index is 1.44. The molecule has 0 unspecified atom stereocenters. The fourth-order valence-corrected chi connectivity index (χ4v) is 11.2. The summed E-state index contributed by atoms with van der Waals surface area (Å²) in [7, 11) is 1.32. The number of esters is 1. The zero-order chi connectivity index (χ0) is 63.0. The van der Waals surface area contributed by atoms with Gasteiger partial charge in [-0.2, -0.15) is 0 Å². The molecule has 0 aliphatic carbocycles. The number of alkyl carbamates (subject to hydrolysis) is 1. The third-order valence-electron chi connectivity index (χ3n) is 16.5. The van der Waals surface area contributed by atoms with Crippen LogP contribution in [0, 0.1) is 0 Å². The van der Waals surface area contributed by atoms with Crippen LogP contribution in [0.2, 0.25) is 0 Å². The van der Waals surface area contributed by atoms with Crippen LogP contribution in [0.25, 0.3) is 90.9 Å². The van der Waals surface area contributed by atoms with Crippen molar-refractivity contribution in [3.63, 3.8) is 0 Å². The Morgan fingerprint density at radius 1 is 0.407 bits per heavy atom. The van der Waals surface area contributed by atoms with Gasteiger partial charge >= 0.3 is 12.1 Å². The number of amides is 1. The summed E-state index contributed by atoms with van der Waals surface area (Å²) < 4.78 is 10.7. The highest BCUT2D eigenvalue weighted by molar-refractivity contribution is 6.00. The monoisotopic (exact) mass is 1150 g/mol. The predicted octanol–water partition coefficient (Wildman–Crippen LogP) is 19.7. The molecule has 7 aromatic rings. The number of ether oxygens (including phenoxy) is 2. The molecule has 9 heteroatoms. The van der Waals surface area contributed by atoms with Crippen molar-refractivity contribution >= 4 is 58.4 Å². The number of carbonyl (C=O) groups excluding carboxylic acids is 2. The second-order valence-electron chi connectivity index (χ2n) is 31.0. The van der Waals surface area contributed by atoms with E-state index < -0.39 is 23.7 Å². The van der Waals surface area contributed by atoms with Crippen molar-refractivity contribution in [3.8, 4) is 44.5 Å². The van der Waals surface area contributed by atoms with Crippen LogP contribution in [0.1, 0.15) is 207 Å². The van der Waals surface area contributed by atoms with Crippen molar-refractivity contribution in [1.29, 1.82) is 0 Å². The molecule has 3 aromatic heterocycles. The normalized spacial score (nSPS) is 13.7. The number of hydrogen-bond acceptors (Lipinski definition) is 6. The highest BCUT2D eigenvalue weighted by Crippen LogP contribution is 2.44.